The van der Waals surface area contributed by atoms with Gasteiger partial charge in [0.05, 0.1) is 27.3 Å². The molecule has 0 radical (unpaired) electrons. The first-order valence-corrected chi connectivity index (χ1v) is 9.90. The molecule has 28 heavy (non-hydrogen) atoms. The Morgan fingerprint density at radius 3 is 2.82 bits per heavy atom. The van der Waals surface area contributed by atoms with Gasteiger partial charge in [-0.25, -0.2) is 14.1 Å². The Balaban J connectivity index is 1.90. The fourth-order valence-electron chi connectivity index (χ4n) is 2.82. The van der Waals surface area contributed by atoms with Crippen LogP contribution in [0.1, 0.15) is 33.6 Å². The van der Waals surface area contributed by atoms with Crippen molar-refractivity contribution in [3.05, 3.63) is 69.8 Å². The van der Waals surface area contributed by atoms with E-state index < -0.39 is 22.9 Å². The van der Waals surface area contributed by atoms with Crippen LogP contribution in [0.25, 0.3) is 11.0 Å². The molecule has 1 heterocycles. The number of aryl methyl sites for hydroxylation is 2. The Bertz CT molecular complexity index is 1080. The summed E-state index contributed by atoms with van der Waals surface area (Å²) in [5.41, 5.74) is 2.49. The number of ketones is 1. The molecule has 0 bridgehead atoms. The third kappa shape index (κ3) is 4.59. The molecule has 3 rings (SSSR count). The molecule has 6 nitrogen and oxygen atoms in total. The van der Waals surface area contributed by atoms with Crippen LogP contribution in [0.4, 0.5) is 4.39 Å². The summed E-state index contributed by atoms with van der Waals surface area (Å²) >= 11 is 3.97. The van der Waals surface area contributed by atoms with Gasteiger partial charge in [-0.05, 0) is 49.6 Å². The minimum absolute atomic E-state index is 0.0312. The molecular formula is C19H16ClFN3O3S-. The zero-order valence-electron chi connectivity index (χ0n) is 14.9. The predicted octanol–water partition coefficient (Wildman–Crippen LogP) is 3.28. The first-order valence-electron chi connectivity index (χ1n) is 8.44. The summed E-state index contributed by atoms with van der Waals surface area (Å²) in [5.74, 6) is -1.26. The van der Waals surface area contributed by atoms with Gasteiger partial charge in [-0.2, -0.15) is 0 Å². The Labute approximate surface area is 168 Å². The molecule has 0 saturated carbocycles. The van der Waals surface area contributed by atoms with Gasteiger partial charge in [-0.3, -0.25) is 14.0 Å². The van der Waals surface area contributed by atoms with Gasteiger partial charge in [0.2, 0.25) is 0 Å². The van der Waals surface area contributed by atoms with Gasteiger partial charge in [0.1, 0.15) is 5.82 Å². The zero-order valence-corrected chi connectivity index (χ0v) is 16.4. The van der Waals surface area contributed by atoms with Crippen LogP contribution in [-0.2, 0) is 17.7 Å². The predicted molar refractivity (Wildman–Crippen MR) is 104 cm³/mol. The van der Waals surface area contributed by atoms with E-state index in [2.05, 4.69) is 14.7 Å². The van der Waals surface area contributed by atoms with E-state index >= 15 is 0 Å². The van der Waals surface area contributed by atoms with E-state index in [0.29, 0.717) is 35.1 Å². The molecule has 0 saturated heterocycles. The van der Waals surface area contributed by atoms with Crippen LogP contribution >= 0.6 is 11.6 Å². The van der Waals surface area contributed by atoms with Crippen LogP contribution in [0.3, 0.4) is 0 Å². The Kier molecular flexibility index (Phi) is 6.46. The SMILES string of the molecule is Cc1cnc2ccc(C(=O)c3c(F)ccc(CCCNS(=O)[O-])c3Cl)cc2n1. The van der Waals surface area contributed by atoms with E-state index in [1.165, 1.54) is 12.1 Å². The Morgan fingerprint density at radius 1 is 1.29 bits per heavy atom. The number of benzene rings is 2. The van der Waals surface area contributed by atoms with Crippen molar-refractivity contribution < 1.29 is 17.9 Å². The summed E-state index contributed by atoms with van der Waals surface area (Å²) in [6.07, 6.45) is 2.48. The molecule has 0 aliphatic carbocycles. The van der Waals surface area contributed by atoms with Crippen molar-refractivity contribution in [2.45, 2.75) is 19.8 Å². The van der Waals surface area contributed by atoms with Crippen molar-refractivity contribution in [2.24, 2.45) is 0 Å². The molecule has 0 fully saturated rings. The standard InChI is InChI=1S/C19H17ClFN3O3S/c1-11-10-22-15-7-5-13(9-16(15)24-11)19(25)17-14(21)6-4-12(18(17)20)3-2-8-23-28(26)27/h4-7,9-10,23H,2-3,8H2,1H3,(H,26,27)/p-1. The number of carbonyl (C=O) groups excluding carboxylic acids is 1. The second kappa shape index (κ2) is 8.83. The number of rotatable bonds is 7. The molecule has 9 heteroatoms. The van der Waals surface area contributed by atoms with E-state index in [0.717, 1.165) is 0 Å². The summed E-state index contributed by atoms with van der Waals surface area (Å²) in [7, 11) is 0. The number of nitrogens with zero attached hydrogens (tertiary/aromatic N) is 2. The highest BCUT2D eigenvalue weighted by Gasteiger charge is 2.21. The van der Waals surface area contributed by atoms with Crippen molar-refractivity contribution in [2.75, 3.05) is 6.54 Å². The molecule has 2 aromatic carbocycles. The maximum absolute atomic E-state index is 14.4. The molecular weight excluding hydrogens is 405 g/mol. The quantitative estimate of drug-likeness (QED) is 0.359. The summed E-state index contributed by atoms with van der Waals surface area (Å²) < 4.78 is 37.7. The average Bonchev–Trinajstić information content (AvgIpc) is 2.65. The van der Waals surface area contributed by atoms with E-state index in [1.54, 1.807) is 31.3 Å². The van der Waals surface area contributed by atoms with E-state index in [1.807, 2.05) is 0 Å². The van der Waals surface area contributed by atoms with Gasteiger partial charge in [0, 0.05) is 29.6 Å². The Morgan fingerprint density at radius 2 is 2.07 bits per heavy atom. The highest BCUT2D eigenvalue weighted by atomic mass is 35.5. The molecule has 1 aromatic heterocycles. The van der Waals surface area contributed by atoms with Crippen LogP contribution < -0.4 is 4.72 Å². The molecule has 0 amide bonds. The number of carbonyl (C=O) groups is 1. The topological polar surface area (TPSA) is 95.0 Å². The lowest BCUT2D eigenvalue weighted by molar-refractivity contribution is 0.103. The molecule has 1 N–H and O–H groups in total. The van der Waals surface area contributed by atoms with Gasteiger partial charge in [0.15, 0.2) is 5.78 Å². The second-order valence-corrected chi connectivity index (χ2v) is 7.31. The van der Waals surface area contributed by atoms with E-state index in [4.69, 9.17) is 11.6 Å². The highest BCUT2D eigenvalue weighted by molar-refractivity contribution is 7.77. The molecule has 0 aliphatic heterocycles. The van der Waals surface area contributed by atoms with Gasteiger partial charge in [-0.15, -0.1) is 0 Å². The molecule has 0 spiro atoms. The minimum Gasteiger partial charge on any atom is -0.760 e. The number of fused-ring (bicyclic) bond motifs is 1. The van der Waals surface area contributed by atoms with Gasteiger partial charge >= 0.3 is 0 Å². The third-order valence-corrected chi connectivity index (χ3v) is 5.04. The van der Waals surface area contributed by atoms with Crippen LogP contribution in [0.2, 0.25) is 5.02 Å². The van der Waals surface area contributed by atoms with Crippen molar-refractivity contribution in [1.29, 1.82) is 0 Å². The number of halogens is 2. The lowest BCUT2D eigenvalue weighted by Crippen LogP contribution is -2.18. The molecule has 0 aliphatic rings. The van der Waals surface area contributed by atoms with Crippen molar-refractivity contribution in [1.82, 2.24) is 14.7 Å². The van der Waals surface area contributed by atoms with Gasteiger partial charge < -0.3 is 4.55 Å². The van der Waals surface area contributed by atoms with Crippen molar-refractivity contribution in [3.63, 3.8) is 0 Å². The molecule has 3 aromatic rings. The normalized spacial score (nSPS) is 12.3. The van der Waals surface area contributed by atoms with Crippen LogP contribution in [0.15, 0.2) is 36.5 Å². The fourth-order valence-corrected chi connectivity index (χ4v) is 3.47. The van der Waals surface area contributed by atoms with E-state index in [9.17, 15) is 17.9 Å². The first-order chi connectivity index (χ1) is 13.4. The number of aromatic nitrogens is 2. The van der Waals surface area contributed by atoms with Crippen LogP contribution in [0.5, 0.6) is 0 Å². The number of hydrogen-bond donors (Lipinski definition) is 1. The summed E-state index contributed by atoms with van der Waals surface area (Å²) in [6, 6.07) is 7.47. The van der Waals surface area contributed by atoms with Gasteiger partial charge in [0.25, 0.3) is 0 Å². The molecule has 1 atom stereocenters. The number of hydrogen-bond acceptors (Lipinski definition) is 5. The summed E-state index contributed by atoms with van der Waals surface area (Å²) in [6.45, 7) is 2.01. The molecule has 1 unspecified atom stereocenters. The lowest BCUT2D eigenvalue weighted by atomic mass is 9.98. The van der Waals surface area contributed by atoms with Crippen molar-refractivity contribution >= 4 is 39.7 Å². The Hall–Kier alpha value is -2.26. The monoisotopic (exact) mass is 420 g/mol. The summed E-state index contributed by atoms with van der Waals surface area (Å²) in [5, 5.41) is 0.0312. The van der Waals surface area contributed by atoms with Crippen molar-refractivity contribution in [3.8, 4) is 0 Å². The lowest BCUT2D eigenvalue weighted by Gasteiger charge is -2.12. The number of nitrogens with one attached hydrogen (secondary N) is 1. The van der Waals surface area contributed by atoms with Crippen LogP contribution in [-0.4, -0.2) is 31.1 Å². The smallest absolute Gasteiger partial charge is 0.197 e. The average molecular weight is 421 g/mol. The second-order valence-electron chi connectivity index (χ2n) is 6.17. The zero-order chi connectivity index (χ0) is 20.3. The maximum Gasteiger partial charge on any atom is 0.197 e. The van der Waals surface area contributed by atoms with Gasteiger partial charge in [-0.1, -0.05) is 17.7 Å². The van der Waals surface area contributed by atoms with E-state index in [-0.39, 0.29) is 22.7 Å². The minimum atomic E-state index is -2.34. The molecule has 146 valence electrons. The van der Waals surface area contributed by atoms with Crippen LogP contribution in [0, 0.1) is 12.7 Å². The largest absolute Gasteiger partial charge is 0.760 e. The highest BCUT2D eigenvalue weighted by Crippen LogP contribution is 2.28. The maximum atomic E-state index is 14.4. The summed E-state index contributed by atoms with van der Waals surface area (Å²) in [4.78, 5) is 21.5. The third-order valence-electron chi connectivity index (χ3n) is 4.17. The first kappa shape index (κ1) is 20.5. The fraction of sp³-hybridized carbons (Fsp3) is 0.211.